The van der Waals surface area contributed by atoms with Gasteiger partial charge in [-0.25, -0.2) is 8.78 Å². The first kappa shape index (κ1) is 15.2. The highest BCUT2D eigenvalue weighted by Crippen LogP contribution is 2.32. The molecule has 0 radical (unpaired) electrons. The maximum absolute atomic E-state index is 13.8. The van der Waals surface area contributed by atoms with Crippen molar-refractivity contribution in [2.75, 3.05) is 0 Å². The summed E-state index contributed by atoms with van der Waals surface area (Å²) >= 11 is 0. The summed E-state index contributed by atoms with van der Waals surface area (Å²) in [5.41, 5.74) is 6.03. The summed E-state index contributed by atoms with van der Waals surface area (Å²) in [6, 6.07) is 6.87. The molecule has 0 saturated heterocycles. The van der Waals surface area contributed by atoms with Crippen molar-refractivity contribution < 1.29 is 26.7 Å². The number of halogens is 5. The van der Waals surface area contributed by atoms with Crippen molar-refractivity contribution in [3.8, 4) is 16.9 Å². The first-order chi connectivity index (χ1) is 9.81. The molecule has 0 aliphatic rings. The fraction of sp³-hybridized carbons (Fsp3) is 0.143. The smallest absolute Gasteiger partial charge is 0.403 e. The van der Waals surface area contributed by atoms with Gasteiger partial charge in [0.25, 0.3) is 0 Å². The first-order valence-electron chi connectivity index (χ1n) is 5.85. The van der Waals surface area contributed by atoms with E-state index in [2.05, 4.69) is 4.74 Å². The van der Waals surface area contributed by atoms with Gasteiger partial charge in [-0.3, -0.25) is 0 Å². The van der Waals surface area contributed by atoms with Crippen LogP contribution in [0.15, 0.2) is 36.4 Å². The van der Waals surface area contributed by atoms with Gasteiger partial charge in [0, 0.05) is 12.1 Å². The summed E-state index contributed by atoms with van der Waals surface area (Å²) in [5, 5.41) is 0. The van der Waals surface area contributed by atoms with Gasteiger partial charge in [0.05, 0.1) is 0 Å². The van der Waals surface area contributed by atoms with Crippen LogP contribution in [0.5, 0.6) is 5.75 Å². The summed E-state index contributed by atoms with van der Waals surface area (Å²) in [6.07, 6.45) is -5.00. The number of hydrogen-bond donors (Lipinski definition) is 1. The zero-order valence-corrected chi connectivity index (χ0v) is 10.5. The molecular formula is C14H10F5NO. The Kier molecular flexibility index (Phi) is 4.13. The largest absolute Gasteiger partial charge is 0.573 e. The highest BCUT2D eigenvalue weighted by atomic mass is 19.4. The van der Waals surface area contributed by atoms with Crippen LogP contribution in [0.2, 0.25) is 0 Å². The van der Waals surface area contributed by atoms with Crippen LogP contribution < -0.4 is 10.5 Å². The molecule has 0 heterocycles. The summed E-state index contributed by atoms with van der Waals surface area (Å²) in [5.74, 6) is -2.85. The number of rotatable bonds is 3. The van der Waals surface area contributed by atoms with Crippen molar-refractivity contribution in [1.82, 2.24) is 0 Å². The van der Waals surface area contributed by atoms with Gasteiger partial charge in [0.1, 0.15) is 5.82 Å². The number of hydrogen-bond acceptors (Lipinski definition) is 2. The third kappa shape index (κ3) is 3.49. The molecule has 0 aliphatic heterocycles. The second-order valence-electron chi connectivity index (χ2n) is 4.17. The SMILES string of the molecule is NCc1cccc(F)c1-c1ccc(OC(F)(F)F)c(F)c1. The normalized spacial score (nSPS) is 11.5. The number of benzene rings is 2. The molecule has 2 rings (SSSR count). The quantitative estimate of drug-likeness (QED) is 0.870. The Hall–Kier alpha value is -2.15. The van der Waals surface area contributed by atoms with Crippen LogP contribution in [0.4, 0.5) is 22.0 Å². The van der Waals surface area contributed by atoms with E-state index in [0.29, 0.717) is 5.56 Å². The van der Waals surface area contributed by atoms with E-state index in [9.17, 15) is 22.0 Å². The first-order valence-corrected chi connectivity index (χ1v) is 5.85. The molecule has 2 aromatic rings. The fourth-order valence-electron chi connectivity index (χ4n) is 1.93. The van der Waals surface area contributed by atoms with Gasteiger partial charge in [0.2, 0.25) is 0 Å². The van der Waals surface area contributed by atoms with Gasteiger partial charge in [-0.2, -0.15) is 0 Å². The third-order valence-electron chi connectivity index (χ3n) is 2.77. The molecule has 112 valence electrons. The zero-order chi connectivity index (χ0) is 15.6. The fourth-order valence-corrected chi connectivity index (χ4v) is 1.93. The van der Waals surface area contributed by atoms with Crippen molar-refractivity contribution in [2.24, 2.45) is 5.73 Å². The van der Waals surface area contributed by atoms with E-state index in [1.165, 1.54) is 6.07 Å². The van der Waals surface area contributed by atoms with Gasteiger partial charge in [0.15, 0.2) is 11.6 Å². The molecule has 21 heavy (non-hydrogen) atoms. The maximum Gasteiger partial charge on any atom is 0.573 e. The highest BCUT2D eigenvalue weighted by molar-refractivity contribution is 5.68. The maximum atomic E-state index is 13.8. The van der Waals surface area contributed by atoms with E-state index in [0.717, 1.165) is 24.3 Å². The van der Waals surface area contributed by atoms with Crippen LogP contribution in [-0.4, -0.2) is 6.36 Å². The van der Waals surface area contributed by atoms with Crippen LogP contribution >= 0.6 is 0 Å². The van der Waals surface area contributed by atoms with Crippen LogP contribution in [0, 0.1) is 11.6 Å². The lowest BCUT2D eigenvalue weighted by Gasteiger charge is -2.12. The number of ether oxygens (including phenoxy) is 1. The van der Waals surface area contributed by atoms with Gasteiger partial charge in [-0.1, -0.05) is 18.2 Å². The van der Waals surface area contributed by atoms with E-state index in [1.807, 2.05) is 0 Å². The predicted octanol–water partition coefficient (Wildman–Crippen LogP) is 3.99. The van der Waals surface area contributed by atoms with Gasteiger partial charge < -0.3 is 10.5 Å². The van der Waals surface area contributed by atoms with E-state index < -0.39 is 23.7 Å². The lowest BCUT2D eigenvalue weighted by Crippen LogP contribution is -2.17. The van der Waals surface area contributed by atoms with E-state index >= 15 is 0 Å². The molecule has 0 bridgehead atoms. The second kappa shape index (κ2) is 5.69. The van der Waals surface area contributed by atoms with Gasteiger partial charge in [-0.05, 0) is 29.3 Å². The van der Waals surface area contributed by atoms with Crippen LogP contribution in [0.25, 0.3) is 11.1 Å². The molecule has 0 saturated carbocycles. The Balaban J connectivity index is 2.46. The molecule has 0 aromatic heterocycles. The van der Waals surface area contributed by atoms with Gasteiger partial charge in [-0.15, -0.1) is 13.2 Å². The van der Waals surface area contributed by atoms with Gasteiger partial charge >= 0.3 is 6.36 Å². The highest BCUT2D eigenvalue weighted by Gasteiger charge is 2.32. The number of nitrogens with two attached hydrogens (primary N) is 1. The monoisotopic (exact) mass is 303 g/mol. The Bertz CT molecular complexity index is 654. The van der Waals surface area contributed by atoms with Crippen LogP contribution in [0.3, 0.4) is 0 Å². The minimum absolute atomic E-state index is 0.00944. The molecule has 0 atom stereocenters. The predicted molar refractivity (Wildman–Crippen MR) is 66.4 cm³/mol. The minimum atomic E-state index is -5.00. The molecule has 0 aliphatic carbocycles. The zero-order valence-electron chi connectivity index (χ0n) is 10.5. The average Bonchev–Trinajstić information content (AvgIpc) is 2.39. The van der Waals surface area contributed by atoms with Crippen molar-refractivity contribution in [1.29, 1.82) is 0 Å². The van der Waals surface area contributed by atoms with Crippen LogP contribution in [0.1, 0.15) is 5.56 Å². The van der Waals surface area contributed by atoms with Crippen LogP contribution in [-0.2, 0) is 6.54 Å². The average molecular weight is 303 g/mol. The Morgan fingerprint density at radius 3 is 2.29 bits per heavy atom. The van der Waals surface area contributed by atoms with Crippen molar-refractivity contribution in [2.45, 2.75) is 12.9 Å². The van der Waals surface area contributed by atoms with E-state index in [1.54, 1.807) is 6.07 Å². The lowest BCUT2D eigenvalue weighted by atomic mass is 9.99. The topological polar surface area (TPSA) is 35.2 Å². The van der Waals surface area contributed by atoms with Crippen molar-refractivity contribution in [3.05, 3.63) is 53.6 Å². The second-order valence-corrected chi connectivity index (χ2v) is 4.17. The minimum Gasteiger partial charge on any atom is -0.403 e. The molecule has 2 aromatic carbocycles. The summed E-state index contributed by atoms with van der Waals surface area (Å²) in [7, 11) is 0. The Labute approximate surface area is 116 Å². The number of alkyl halides is 3. The van der Waals surface area contributed by atoms with Crippen molar-refractivity contribution in [3.63, 3.8) is 0 Å². The molecule has 0 fully saturated rings. The molecule has 7 heteroatoms. The summed E-state index contributed by atoms with van der Waals surface area (Å²) in [4.78, 5) is 0. The summed E-state index contributed by atoms with van der Waals surface area (Å²) in [6.45, 7) is 0.00944. The van der Waals surface area contributed by atoms with E-state index in [-0.39, 0.29) is 17.7 Å². The van der Waals surface area contributed by atoms with Crippen molar-refractivity contribution >= 4 is 0 Å². The summed E-state index contributed by atoms with van der Waals surface area (Å²) < 4.78 is 67.2. The Morgan fingerprint density at radius 2 is 1.71 bits per heavy atom. The molecule has 0 amide bonds. The Morgan fingerprint density at radius 1 is 1.00 bits per heavy atom. The molecule has 0 spiro atoms. The standard InChI is InChI=1S/C14H10F5NO/c15-10-3-1-2-9(7-20)13(10)8-4-5-12(11(16)6-8)21-14(17,18)19/h1-6H,7,20H2. The molecule has 2 N–H and O–H groups in total. The van der Waals surface area contributed by atoms with E-state index in [4.69, 9.17) is 5.73 Å². The lowest BCUT2D eigenvalue weighted by molar-refractivity contribution is -0.275. The molecular weight excluding hydrogens is 293 g/mol. The molecule has 0 unspecified atom stereocenters. The third-order valence-corrected chi connectivity index (χ3v) is 2.77. The molecule has 2 nitrogen and oxygen atoms in total.